The third-order valence-corrected chi connectivity index (χ3v) is 4.29. The molecular formula is C20H23NO2. The van der Waals surface area contributed by atoms with Crippen molar-refractivity contribution in [3.05, 3.63) is 84.2 Å². The highest BCUT2D eigenvalue weighted by Gasteiger charge is 2.29. The summed E-state index contributed by atoms with van der Waals surface area (Å²) in [4.78, 5) is 0. The minimum atomic E-state index is -0.0268. The Morgan fingerprint density at radius 3 is 2.39 bits per heavy atom. The Bertz CT molecular complexity index is 674. The molecule has 0 saturated carbocycles. The maximum Gasteiger partial charge on any atom is 0.117 e. The fraction of sp³-hybridized carbons (Fsp3) is 0.300. The predicted octanol–water partition coefficient (Wildman–Crippen LogP) is 4.55. The van der Waals surface area contributed by atoms with Crippen LogP contribution in [0.1, 0.15) is 30.4 Å². The average Bonchev–Trinajstić information content (AvgIpc) is 3.26. The van der Waals surface area contributed by atoms with Crippen molar-refractivity contribution in [2.45, 2.75) is 31.7 Å². The van der Waals surface area contributed by atoms with Gasteiger partial charge in [-0.2, -0.15) is 0 Å². The molecule has 0 spiro atoms. The van der Waals surface area contributed by atoms with Gasteiger partial charge >= 0.3 is 0 Å². The highest BCUT2D eigenvalue weighted by Crippen LogP contribution is 2.31. The first-order valence-electron chi connectivity index (χ1n) is 8.07. The zero-order chi connectivity index (χ0) is 16.0. The maximum atomic E-state index is 5.73. The monoisotopic (exact) mass is 309 g/mol. The summed E-state index contributed by atoms with van der Waals surface area (Å²) in [7, 11) is 0. The molecule has 120 valence electrons. The molecule has 0 aliphatic heterocycles. The van der Waals surface area contributed by atoms with Gasteiger partial charge in [-0.1, -0.05) is 37.3 Å². The van der Waals surface area contributed by atoms with Crippen LogP contribution in [0.5, 0.6) is 0 Å². The maximum absolute atomic E-state index is 5.73. The Balaban J connectivity index is 1.63. The molecule has 0 fully saturated rings. The van der Waals surface area contributed by atoms with Gasteiger partial charge in [-0.25, -0.2) is 0 Å². The first kappa shape index (κ1) is 15.6. The average molecular weight is 309 g/mol. The van der Waals surface area contributed by atoms with Gasteiger partial charge in [0.15, 0.2) is 0 Å². The summed E-state index contributed by atoms with van der Waals surface area (Å²) < 4.78 is 11.1. The zero-order valence-electron chi connectivity index (χ0n) is 13.5. The van der Waals surface area contributed by atoms with Gasteiger partial charge in [-0.3, -0.25) is 0 Å². The molecule has 0 aliphatic carbocycles. The minimum absolute atomic E-state index is 0.0268. The molecule has 1 N–H and O–H groups in total. The van der Waals surface area contributed by atoms with E-state index in [1.54, 1.807) is 12.5 Å². The van der Waals surface area contributed by atoms with E-state index in [1.165, 1.54) is 5.56 Å². The SMILES string of the molecule is C[C@@](CCNCc1ccco1)(Cc1ccccc1)c1ccco1. The standard InChI is InChI=1S/C20H23NO2/c1-20(19-10-6-14-23-19,15-17-7-3-2-4-8-17)11-12-21-16-18-9-5-13-22-18/h2-10,13-14,21H,11-12,15-16H2,1H3/t20-/m1/s1. The molecule has 0 saturated heterocycles. The van der Waals surface area contributed by atoms with Crippen LogP contribution in [-0.2, 0) is 18.4 Å². The summed E-state index contributed by atoms with van der Waals surface area (Å²) in [5.74, 6) is 2.01. The van der Waals surface area contributed by atoms with E-state index in [0.717, 1.165) is 37.5 Å². The molecule has 0 radical (unpaired) electrons. The summed E-state index contributed by atoms with van der Waals surface area (Å²) in [5.41, 5.74) is 1.30. The van der Waals surface area contributed by atoms with Gasteiger partial charge in [0, 0.05) is 5.41 Å². The van der Waals surface area contributed by atoms with E-state index in [-0.39, 0.29) is 5.41 Å². The molecule has 23 heavy (non-hydrogen) atoms. The highest BCUT2D eigenvalue weighted by atomic mass is 16.3. The summed E-state index contributed by atoms with van der Waals surface area (Å²) in [5, 5.41) is 3.46. The van der Waals surface area contributed by atoms with Crippen LogP contribution in [0.3, 0.4) is 0 Å². The van der Waals surface area contributed by atoms with Crippen molar-refractivity contribution in [2.75, 3.05) is 6.54 Å². The Morgan fingerprint density at radius 1 is 0.913 bits per heavy atom. The van der Waals surface area contributed by atoms with E-state index in [4.69, 9.17) is 8.83 Å². The lowest BCUT2D eigenvalue weighted by Gasteiger charge is -2.28. The molecule has 3 nitrogen and oxygen atoms in total. The molecule has 2 aromatic heterocycles. The first-order chi connectivity index (χ1) is 11.3. The van der Waals surface area contributed by atoms with Crippen LogP contribution < -0.4 is 5.32 Å². The number of hydrogen-bond donors (Lipinski definition) is 1. The highest BCUT2D eigenvalue weighted by molar-refractivity contribution is 5.22. The Hall–Kier alpha value is -2.26. The number of rotatable bonds is 8. The Labute approximate surface area is 137 Å². The summed E-state index contributed by atoms with van der Waals surface area (Å²) in [6.45, 7) is 3.94. The summed E-state index contributed by atoms with van der Waals surface area (Å²) in [6.07, 6.45) is 5.42. The van der Waals surface area contributed by atoms with Gasteiger partial charge in [-0.05, 0) is 49.2 Å². The van der Waals surface area contributed by atoms with Crippen molar-refractivity contribution in [3.8, 4) is 0 Å². The van der Waals surface area contributed by atoms with Crippen LogP contribution in [0.4, 0.5) is 0 Å². The minimum Gasteiger partial charge on any atom is -0.469 e. The summed E-state index contributed by atoms with van der Waals surface area (Å²) in [6, 6.07) is 18.5. The molecule has 0 unspecified atom stereocenters. The van der Waals surface area contributed by atoms with Crippen LogP contribution in [-0.4, -0.2) is 6.54 Å². The quantitative estimate of drug-likeness (QED) is 0.620. The Kier molecular flexibility index (Phi) is 4.99. The molecule has 3 aromatic rings. The van der Waals surface area contributed by atoms with E-state index in [2.05, 4.69) is 48.6 Å². The number of hydrogen-bond acceptors (Lipinski definition) is 3. The number of nitrogens with one attached hydrogen (secondary N) is 1. The predicted molar refractivity (Wildman–Crippen MR) is 91.2 cm³/mol. The second-order valence-corrected chi connectivity index (χ2v) is 6.21. The summed E-state index contributed by atoms with van der Waals surface area (Å²) >= 11 is 0. The lowest BCUT2D eigenvalue weighted by molar-refractivity contribution is 0.328. The van der Waals surface area contributed by atoms with Gasteiger partial charge in [0.2, 0.25) is 0 Å². The number of benzene rings is 1. The second kappa shape index (κ2) is 7.34. The van der Waals surface area contributed by atoms with E-state index >= 15 is 0 Å². The van der Waals surface area contributed by atoms with Gasteiger partial charge in [0.25, 0.3) is 0 Å². The third kappa shape index (κ3) is 4.14. The smallest absolute Gasteiger partial charge is 0.117 e. The molecule has 3 rings (SSSR count). The first-order valence-corrected chi connectivity index (χ1v) is 8.07. The lowest BCUT2D eigenvalue weighted by Crippen LogP contribution is -2.30. The third-order valence-electron chi connectivity index (χ3n) is 4.29. The molecule has 0 amide bonds. The normalized spacial score (nSPS) is 13.8. The van der Waals surface area contributed by atoms with Crippen molar-refractivity contribution in [2.24, 2.45) is 0 Å². The largest absolute Gasteiger partial charge is 0.469 e. The molecular weight excluding hydrogens is 286 g/mol. The fourth-order valence-corrected chi connectivity index (χ4v) is 2.96. The van der Waals surface area contributed by atoms with Crippen LogP contribution in [0.25, 0.3) is 0 Å². The molecule has 3 heteroatoms. The molecule has 2 heterocycles. The van der Waals surface area contributed by atoms with Crippen molar-refractivity contribution >= 4 is 0 Å². The van der Waals surface area contributed by atoms with E-state index in [9.17, 15) is 0 Å². The van der Waals surface area contributed by atoms with Crippen LogP contribution in [0.15, 0.2) is 76.0 Å². The van der Waals surface area contributed by atoms with Gasteiger partial charge < -0.3 is 14.2 Å². The van der Waals surface area contributed by atoms with Crippen molar-refractivity contribution in [1.29, 1.82) is 0 Å². The van der Waals surface area contributed by atoms with Crippen molar-refractivity contribution in [1.82, 2.24) is 5.32 Å². The van der Waals surface area contributed by atoms with Gasteiger partial charge in [0.05, 0.1) is 19.1 Å². The lowest BCUT2D eigenvalue weighted by atomic mass is 9.78. The molecule has 0 aliphatic rings. The molecule has 1 atom stereocenters. The van der Waals surface area contributed by atoms with Gasteiger partial charge in [0.1, 0.15) is 11.5 Å². The topological polar surface area (TPSA) is 38.3 Å². The Morgan fingerprint density at radius 2 is 1.70 bits per heavy atom. The van der Waals surface area contributed by atoms with Crippen molar-refractivity contribution < 1.29 is 8.83 Å². The van der Waals surface area contributed by atoms with E-state index in [0.29, 0.717) is 0 Å². The number of furan rings is 2. The second-order valence-electron chi connectivity index (χ2n) is 6.21. The van der Waals surface area contributed by atoms with Crippen LogP contribution >= 0.6 is 0 Å². The van der Waals surface area contributed by atoms with Gasteiger partial charge in [-0.15, -0.1) is 0 Å². The van der Waals surface area contributed by atoms with E-state index in [1.807, 2.05) is 18.2 Å². The van der Waals surface area contributed by atoms with Crippen LogP contribution in [0, 0.1) is 0 Å². The molecule has 0 bridgehead atoms. The zero-order valence-corrected chi connectivity index (χ0v) is 13.5. The molecule has 1 aromatic carbocycles. The van der Waals surface area contributed by atoms with E-state index < -0.39 is 0 Å². The van der Waals surface area contributed by atoms with Crippen molar-refractivity contribution in [3.63, 3.8) is 0 Å². The van der Waals surface area contributed by atoms with Crippen LogP contribution in [0.2, 0.25) is 0 Å². The fourth-order valence-electron chi connectivity index (χ4n) is 2.96.